The third kappa shape index (κ3) is 3.35. The molecule has 2 N–H and O–H groups in total. The molecule has 0 saturated heterocycles. The van der Waals surface area contributed by atoms with Crippen LogP contribution in [0.5, 0.6) is 0 Å². The maximum atomic E-state index is 12.8. The molecule has 1 amide bonds. The molecule has 0 fully saturated rings. The van der Waals surface area contributed by atoms with Crippen molar-refractivity contribution in [3.05, 3.63) is 88.9 Å². The van der Waals surface area contributed by atoms with Crippen molar-refractivity contribution in [2.45, 2.75) is 6.92 Å². The van der Waals surface area contributed by atoms with Gasteiger partial charge in [-0.05, 0) is 31.2 Å². The first kappa shape index (κ1) is 18.4. The van der Waals surface area contributed by atoms with Gasteiger partial charge in [0.15, 0.2) is 11.3 Å². The minimum Gasteiger partial charge on any atom is -0.319 e. The summed E-state index contributed by atoms with van der Waals surface area (Å²) in [6.45, 7) is 2.00. The van der Waals surface area contributed by atoms with Gasteiger partial charge < -0.3 is 10.3 Å². The van der Waals surface area contributed by atoms with Gasteiger partial charge in [-0.3, -0.25) is 9.59 Å². The van der Waals surface area contributed by atoms with Crippen molar-refractivity contribution in [2.24, 2.45) is 0 Å². The Hall–Kier alpha value is -4.60. The Morgan fingerprint density at radius 1 is 1.10 bits per heavy atom. The maximum absolute atomic E-state index is 12.8. The molecular weight excluding hydrogens is 396 g/mol. The van der Waals surface area contributed by atoms with E-state index in [0.29, 0.717) is 22.4 Å². The lowest BCUT2D eigenvalue weighted by atomic mass is 10.2. The van der Waals surface area contributed by atoms with Crippen LogP contribution in [0.25, 0.3) is 22.4 Å². The van der Waals surface area contributed by atoms with E-state index in [0.717, 1.165) is 11.3 Å². The third-order valence-electron chi connectivity index (χ3n) is 4.78. The van der Waals surface area contributed by atoms with E-state index >= 15 is 0 Å². The van der Waals surface area contributed by atoms with E-state index in [1.54, 1.807) is 30.5 Å². The zero-order chi connectivity index (χ0) is 21.4. The SMILES string of the molecule is Cc1ccc(-n2cc(C(=O)Nc3ccccc3-n3ncc4c(=O)[nH]cnc43)nn2)cc1. The summed E-state index contributed by atoms with van der Waals surface area (Å²) < 4.78 is 3.04. The van der Waals surface area contributed by atoms with Crippen LogP contribution < -0.4 is 10.9 Å². The largest absolute Gasteiger partial charge is 0.319 e. The van der Waals surface area contributed by atoms with Gasteiger partial charge in [0.25, 0.3) is 11.5 Å². The van der Waals surface area contributed by atoms with Crippen molar-refractivity contribution in [2.75, 3.05) is 5.32 Å². The predicted octanol–water partition coefficient (Wildman–Crippen LogP) is 2.25. The van der Waals surface area contributed by atoms with E-state index in [1.807, 2.05) is 31.2 Å². The van der Waals surface area contributed by atoms with Crippen molar-refractivity contribution in [1.29, 1.82) is 0 Å². The summed E-state index contributed by atoms with van der Waals surface area (Å²) >= 11 is 0. The Labute approximate surface area is 175 Å². The van der Waals surface area contributed by atoms with Crippen LogP contribution in [0.2, 0.25) is 0 Å². The number of carbonyl (C=O) groups excluding carboxylic acids is 1. The molecule has 0 unspecified atom stereocenters. The highest BCUT2D eigenvalue weighted by atomic mass is 16.2. The molecule has 0 aliphatic rings. The predicted molar refractivity (Wildman–Crippen MR) is 114 cm³/mol. The minimum absolute atomic E-state index is 0.162. The molecule has 10 heteroatoms. The molecule has 152 valence electrons. The molecule has 0 radical (unpaired) electrons. The van der Waals surface area contributed by atoms with Crippen LogP contribution in [0.4, 0.5) is 5.69 Å². The van der Waals surface area contributed by atoms with Crippen LogP contribution in [0.3, 0.4) is 0 Å². The summed E-state index contributed by atoms with van der Waals surface area (Å²) in [4.78, 5) is 31.5. The van der Waals surface area contributed by atoms with Crippen LogP contribution in [0.1, 0.15) is 16.1 Å². The van der Waals surface area contributed by atoms with Crippen molar-refractivity contribution < 1.29 is 4.79 Å². The van der Waals surface area contributed by atoms with Crippen molar-refractivity contribution in [1.82, 2.24) is 34.7 Å². The molecule has 3 aromatic heterocycles. The number of aromatic nitrogens is 7. The number of nitrogens with one attached hydrogen (secondary N) is 2. The lowest BCUT2D eigenvalue weighted by molar-refractivity contribution is 0.102. The van der Waals surface area contributed by atoms with Crippen LogP contribution in [-0.2, 0) is 0 Å². The number of hydrogen-bond donors (Lipinski definition) is 2. The number of anilines is 1. The summed E-state index contributed by atoms with van der Waals surface area (Å²) in [5, 5.41) is 15.5. The Morgan fingerprint density at radius 3 is 2.74 bits per heavy atom. The van der Waals surface area contributed by atoms with E-state index in [1.165, 1.54) is 21.9 Å². The summed E-state index contributed by atoms with van der Waals surface area (Å²) in [5.41, 5.74) is 3.24. The normalized spacial score (nSPS) is 11.0. The molecule has 10 nitrogen and oxygen atoms in total. The zero-order valence-electron chi connectivity index (χ0n) is 16.4. The number of amides is 1. The Bertz CT molecular complexity index is 1460. The monoisotopic (exact) mass is 412 g/mol. The second kappa shape index (κ2) is 7.34. The molecule has 0 spiro atoms. The molecule has 0 atom stereocenters. The molecule has 31 heavy (non-hydrogen) atoms. The van der Waals surface area contributed by atoms with Crippen LogP contribution >= 0.6 is 0 Å². The first-order valence-corrected chi connectivity index (χ1v) is 9.42. The van der Waals surface area contributed by atoms with Crippen molar-refractivity contribution in [3.8, 4) is 11.4 Å². The molecule has 0 bridgehead atoms. The number of aromatic amines is 1. The van der Waals surface area contributed by atoms with E-state index < -0.39 is 5.91 Å². The Kier molecular flexibility index (Phi) is 4.36. The van der Waals surface area contributed by atoms with Gasteiger partial charge in [-0.15, -0.1) is 5.10 Å². The minimum atomic E-state index is -0.423. The molecular formula is C21H16N8O2. The van der Waals surface area contributed by atoms with Gasteiger partial charge in [-0.25, -0.2) is 14.3 Å². The van der Waals surface area contributed by atoms with Crippen LogP contribution in [0, 0.1) is 6.92 Å². The average molecular weight is 412 g/mol. The fourth-order valence-electron chi connectivity index (χ4n) is 3.17. The molecule has 2 aromatic carbocycles. The highest BCUT2D eigenvalue weighted by Crippen LogP contribution is 2.22. The molecule has 5 rings (SSSR count). The number of fused-ring (bicyclic) bond motifs is 1. The first-order chi connectivity index (χ1) is 15.1. The number of carbonyl (C=O) groups is 1. The van der Waals surface area contributed by atoms with Gasteiger partial charge in [-0.2, -0.15) is 5.10 Å². The van der Waals surface area contributed by atoms with E-state index in [9.17, 15) is 9.59 Å². The average Bonchev–Trinajstić information content (AvgIpc) is 3.43. The number of H-pyrrole nitrogens is 1. The second-order valence-corrected chi connectivity index (χ2v) is 6.88. The first-order valence-electron chi connectivity index (χ1n) is 9.42. The number of benzene rings is 2. The third-order valence-corrected chi connectivity index (χ3v) is 4.78. The van der Waals surface area contributed by atoms with Crippen molar-refractivity contribution >= 4 is 22.6 Å². The molecule has 0 saturated carbocycles. The van der Waals surface area contributed by atoms with Gasteiger partial charge in [0.05, 0.1) is 35.8 Å². The molecule has 0 aliphatic carbocycles. The van der Waals surface area contributed by atoms with E-state index in [2.05, 4.69) is 30.7 Å². The summed E-state index contributed by atoms with van der Waals surface area (Å²) in [5.74, 6) is -0.423. The van der Waals surface area contributed by atoms with Gasteiger partial charge in [0, 0.05) is 0 Å². The van der Waals surface area contributed by atoms with E-state index in [4.69, 9.17) is 0 Å². The lowest BCUT2D eigenvalue weighted by Gasteiger charge is -2.10. The number of aryl methyl sites for hydroxylation is 1. The van der Waals surface area contributed by atoms with Gasteiger partial charge in [-0.1, -0.05) is 35.0 Å². The topological polar surface area (TPSA) is 123 Å². The van der Waals surface area contributed by atoms with Crippen LogP contribution in [0.15, 0.2) is 72.0 Å². The smallest absolute Gasteiger partial charge is 0.277 e. The van der Waals surface area contributed by atoms with Gasteiger partial charge in [0.1, 0.15) is 5.39 Å². The van der Waals surface area contributed by atoms with Crippen LogP contribution in [-0.4, -0.2) is 40.6 Å². The summed E-state index contributed by atoms with van der Waals surface area (Å²) in [6, 6.07) is 14.8. The molecule has 3 heterocycles. The number of para-hydroxylation sites is 2. The van der Waals surface area contributed by atoms with Crippen molar-refractivity contribution in [3.63, 3.8) is 0 Å². The highest BCUT2D eigenvalue weighted by molar-refractivity contribution is 6.03. The Morgan fingerprint density at radius 2 is 1.90 bits per heavy atom. The quantitative estimate of drug-likeness (QED) is 0.467. The second-order valence-electron chi connectivity index (χ2n) is 6.88. The highest BCUT2D eigenvalue weighted by Gasteiger charge is 2.16. The zero-order valence-corrected chi connectivity index (χ0v) is 16.4. The number of rotatable bonds is 4. The standard InChI is InChI=1S/C21H16N8O2/c1-13-6-8-14(9-7-13)28-11-17(26-27-28)21(31)25-16-4-2-3-5-18(16)29-19-15(10-24-29)20(30)23-12-22-19/h2-12H,1H3,(H,25,31)(H,22,23,30). The van der Waals surface area contributed by atoms with Gasteiger partial charge in [0.2, 0.25) is 0 Å². The fraction of sp³-hybridized carbons (Fsp3) is 0.0476. The lowest BCUT2D eigenvalue weighted by Crippen LogP contribution is -2.15. The molecule has 0 aliphatic heterocycles. The summed E-state index contributed by atoms with van der Waals surface area (Å²) in [7, 11) is 0. The fourth-order valence-corrected chi connectivity index (χ4v) is 3.17. The Balaban J connectivity index is 1.46. The number of hydrogen-bond acceptors (Lipinski definition) is 6. The maximum Gasteiger partial charge on any atom is 0.277 e. The summed E-state index contributed by atoms with van der Waals surface area (Å²) in [6.07, 6.45) is 4.31. The van der Waals surface area contributed by atoms with Gasteiger partial charge >= 0.3 is 0 Å². The van der Waals surface area contributed by atoms with E-state index in [-0.39, 0.29) is 11.3 Å². The number of nitrogens with zero attached hydrogens (tertiary/aromatic N) is 6. The molecule has 5 aromatic rings.